The molecule has 1 amide bonds. The van der Waals surface area contributed by atoms with Crippen LogP contribution in [0.15, 0.2) is 47.9 Å². The molecule has 2 atom stereocenters. The number of hydrogen-bond acceptors (Lipinski definition) is 5. The van der Waals surface area contributed by atoms with Crippen LogP contribution in [0.1, 0.15) is 39.0 Å². The monoisotopic (exact) mass is 399 g/mol. The molecule has 6 nitrogen and oxygen atoms in total. The van der Waals surface area contributed by atoms with E-state index in [-0.39, 0.29) is 11.5 Å². The van der Waals surface area contributed by atoms with Crippen LogP contribution >= 0.6 is 0 Å². The highest BCUT2D eigenvalue weighted by atomic mass is 16.5. The third-order valence-electron chi connectivity index (χ3n) is 6.62. The first kappa shape index (κ1) is 21.4. The molecule has 0 aromatic rings. The topological polar surface area (TPSA) is 88.6 Å². The van der Waals surface area contributed by atoms with Crippen molar-refractivity contribution in [3.63, 3.8) is 0 Å². The van der Waals surface area contributed by atoms with Crippen molar-refractivity contribution in [2.75, 3.05) is 26.3 Å². The lowest BCUT2D eigenvalue weighted by Crippen LogP contribution is -2.47. The molecule has 2 fully saturated rings. The Morgan fingerprint density at radius 2 is 2.24 bits per heavy atom. The first-order valence-electron chi connectivity index (χ1n) is 10.5. The van der Waals surface area contributed by atoms with E-state index >= 15 is 0 Å². The van der Waals surface area contributed by atoms with Gasteiger partial charge in [-0.25, -0.2) is 0 Å². The molecule has 0 bridgehead atoms. The van der Waals surface area contributed by atoms with Crippen LogP contribution < -0.4 is 5.73 Å². The minimum atomic E-state index is -0.299. The Balaban J connectivity index is 1.52. The first-order chi connectivity index (χ1) is 13.9. The lowest BCUT2D eigenvalue weighted by Gasteiger charge is -2.42. The van der Waals surface area contributed by atoms with Crippen molar-refractivity contribution in [1.29, 1.82) is 5.41 Å². The second-order valence-corrected chi connectivity index (χ2v) is 8.26. The van der Waals surface area contributed by atoms with Crippen molar-refractivity contribution in [1.82, 2.24) is 4.90 Å². The average molecular weight is 400 g/mol. The third-order valence-corrected chi connectivity index (χ3v) is 6.62. The van der Waals surface area contributed by atoms with Gasteiger partial charge in [-0.15, -0.1) is 0 Å². The van der Waals surface area contributed by atoms with Gasteiger partial charge in [0.15, 0.2) is 5.88 Å². The van der Waals surface area contributed by atoms with E-state index in [1.54, 1.807) is 6.08 Å². The van der Waals surface area contributed by atoms with E-state index < -0.39 is 0 Å². The fraction of sp³-hybridized carbons (Fsp3) is 0.565. The molecular formula is C23H33N3O3. The van der Waals surface area contributed by atoms with E-state index in [1.807, 2.05) is 6.08 Å². The lowest BCUT2D eigenvalue weighted by atomic mass is 9.76. The zero-order valence-corrected chi connectivity index (χ0v) is 17.4. The summed E-state index contributed by atoms with van der Waals surface area (Å²) in [5, 5.41) is 7.19. The smallest absolute Gasteiger partial charge is 0.221 e. The lowest BCUT2D eigenvalue weighted by molar-refractivity contribution is -0.117. The number of primary amides is 1. The summed E-state index contributed by atoms with van der Waals surface area (Å²) in [4.78, 5) is 13.5. The maximum absolute atomic E-state index is 11.3. The molecule has 3 aliphatic rings. The van der Waals surface area contributed by atoms with Gasteiger partial charge in [0.05, 0.1) is 12.2 Å². The number of rotatable bonds is 8. The van der Waals surface area contributed by atoms with Crippen LogP contribution in [0.3, 0.4) is 0 Å². The summed E-state index contributed by atoms with van der Waals surface area (Å²) in [5.74, 6) is 1.18. The van der Waals surface area contributed by atoms with Crippen molar-refractivity contribution >= 4 is 12.1 Å². The quantitative estimate of drug-likeness (QED) is 0.484. The standard InChI is InChI=1S/C23H33N3O3/c1-17-20(8-5-11-24)16-29-23(17)9-12-26(13-10-23)18(2)28-15-21-7-4-3-6-19(21)14-22(25)27/h4-5,7-8,11,17,20,24H,2-3,6,9-10,12-16H2,1H3,(H2,25,27)/b8-5-,24-11?. The van der Waals surface area contributed by atoms with Crippen LogP contribution in [-0.2, 0) is 14.3 Å². The summed E-state index contributed by atoms with van der Waals surface area (Å²) in [7, 11) is 0. The molecule has 0 radical (unpaired) electrons. The molecule has 1 spiro atoms. The molecule has 3 N–H and O–H groups in total. The Morgan fingerprint density at radius 3 is 2.93 bits per heavy atom. The van der Waals surface area contributed by atoms with E-state index in [4.69, 9.17) is 20.6 Å². The van der Waals surface area contributed by atoms with E-state index in [0.717, 1.165) is 56.5 Å². The number of amides is 1. The van der Waals surface area contributed by atoms with Crippen LogP contribution in [-0.4, -0.2) is 48.9 Å². The van der Waals surface area contributed by atoms with E-state index in [9.17, 15) is 4.79 Å². The Hall–Kier alpha value is -2.34. The van der Waals surface area contributed by atoms with Crippen LogP contribution in [0.4, 0.5) is 0 Å². The molecule has 2 unspecified atom stereocenters. The molecule has 0 aromatic heterocycles. The van der Waals surface area contributed by atoms with Crippen LogP contribution in [0, 0.1) is 17.2 Å². The zero-order chi connectivity index (χ0) is 20.9. The summed E-state index contributed by atoms with van der Waals surface area (Å²) < 4.78 is 12.2. The molecule has 1 aliphatic carbocycles. The largest absolute Gasteiger partial charge is 0.475 e. The highest BCUT2D eigenvalue weighted by molar-refractivity contribution is 5.77. The predicted molar refractivity (Wildman–Crippen MR) is 114 cm³/mol. The number of nitrogens with one attached hydrogen (secondary N) is 1. The van der Waals surface area contributed by atoms with Crippen molar-refractivity contribution in [3.05, 3.63) is 47.9 Å². The number of carbonyl (C=O) groups excluding carboxylic acids is 1. The van der Waals surface area contributed by atoms with Gasteiger partial charge in [-0.1, -0.05) is 30.7 Å². The van der Waals surface area contributed by atoms with Crippen molar-refractivity contribution in [2.24, 2.45) is 17.6 Å². The molecular weight excluding hydrogens is 366 g/mol. The van der Waals surface area contributed by atoms with Gasteiger partial charge in [0, 0.05) is 31.6 Å². The summed E-state index contributed by atoms with van der Waals surface area (Å²) in [6, 6.07) is 0. The second-order valence-electron chi connectivity index (χ2n) is 8.26. The molecule has 2 aliphatic heterocycles. The molecule has 2 heterocycles. The SMILES string of the molecule is C=C(OCC1=C(CC(N)=O)CCC=C1)N1CCC2(CC1)OCC(/C=C\C=N)C2C. The van der Waals surface area contributed by atoms with Crippen molar-refractivity contribution < 1.29 is 14.3 Å². The van der Waals surface area contributed by atoms with E-state index in [0.29, 0.717) is 30.7 Å². The first-order valence-corrected chi connectivity index (χ1v) is 10.5. The minimum absolute atomic E-state index is 0.0862. The van der Waals surface area contributed by atoms with Gasteiger partial charge < -0.3 is 25.5 Å². The van der Waals surface area contributed by atoms with Crippen molar-refractivity contribution in [3.8, 4) is 0 Å². The molecule has 3 rings (SSSR count). The normalized spacial score (nSPS) is 26.3. The molecule has 6 heteroatoms. The maximum Gasteiger partial charge on any atom is 0.221 e. The Bertz CT molecular complexity index is 730. The second kappa shape index (κ2) is 9.44. The predicted octanol–water partition coefficient (Wildman–Crippen LogP) is 3.32. The van der Waals surface area contributed by atoms with Gasteiger partial charge in [-0.2, -0.15) is 0 Å². The summed E-state index contributed by atoms with van der Waals surface area (Å²) in [5.41, 5.74) is 7.40. The number of nitrogens with two attached hydrogens (primary N) is 1. The summed E-state index contributed by atoms with van der Waals surface area (Å²) >= 11 is 0. The molecule has 158 valence electrons. The van der Waals surface area contributed by atoms with Gasteiger partial charge in [0.2, 0.25) is 5.91 Å². The minimum Gasteiger partial charge on any atom is -0.475 e. The fourth-order valence-electron chi connectivity index (χ4n) is 4.66. The number of likely N-dealkylation sites (tertiary alicyclic amines) is 1. The number of nitrogens with zero attached hydrogens (tertiary/aromatic N) is 1. The van der Waals surface area contributed by atoms with E-state index in [2.05, 4.69) is 30.6 Å². The van der Waals surface area contributed by atoms with Gasteiger partial charge in [-0.05, 0) is 49.8 Å². The number of allylic oxidation sites excluding steroid dienone is 2. The summed E-state index contributed by atoms with van der Waals surface area (Å²) in [6.45, 7) is 9.24. The highest BCUT2D eigenvalue weighted by Gasteiger charge is 2.48. The Kier molecular flexibility index (Phi) is 6.96. The number of ether oxygens (including phenoxy) is 2. The fourth-order valence-corrected chi connectivity index (χ4v) is 4.66. The van der Waals surface area contributed by atoms with Gasteiger partial charge in [-0.3, -0.25) is 4.79 Å². The van der Waals surface area contributed by atoms with Gasteiger partial charge >= 0.3 is 0 Å². The third kappa shape index (κ3) is 4.99. The highest BCUT2D eigenvalue weighted by Crippen LogP contribution is 2.44. The van der Waals surface area contributed by atoms with Gasteiger partial charge in [0.25, 0.3) is 0 Å². The average Bonchev–Trinajstić information content (AvgIpc) is 3.01. The van der Waals surface area contributed by atoms with Crippen molar-refractivity contribution in [2.45, 2.75) is 44.6 Å². The van der Waals surface area contributed by atoms with E-state index in [1.165, 1.54) is 6.21 Å². The molecule has 29 heavy (non-hydrogen) atoms. The number of piperidine rings is 1. The number of carbonyl (C=O) groups is 1. The van der Waals surface area contributed by atoms with Crippen LogP contribution in [0.25, 0.3) is 0 Å². The van der Waals surface area contributed by atoms with Crippen LogP contribution in [0.5, 0.6) is 0 Å². The number of hydrogen-bond donors (Lipinski definition) is 2. The Labute approximate surface area is 173 Å². The molecule has 2 saturated heterocycles. The van der Waals surface area contributed by atoms with Crippen LogP contribution in [0.2, 0.25) is 0 Å². The molecule has 0 saturated carbocycles. The maximum atomic E-state index is 11.3. The molecule has 0 aromatic carbocycles. The Morgan fingerprint density at radius 1 is 1.48 bits per heavy atom. The zero-order valence-electron chi connectivity index (χ0n) is 17.4. The summed E-state index contributed by atoms with van der Waals surface area (Å²) in [6.07, 6.45) is 13.4. The van der Waals surface area contributed by atoms with Gasteiger partial charge in [0.1, 0.15) is 6.61 Å².